The molecule has 0 aromatic heterocycles. The van der Waals surface area contributed by atoms with Crippen LogP contribution >= 0.6 is 15.9 Å². The molecule has 1 unspecified atom stereocenters. The minimum absolute atomic E-state index is 0.0294. The highest BCUT2D eigenvalue weighted by molar-refractivity contribution is 9.10. The summed E-state index contributed by atoms with van der Waals surface area (Å²) in [5, 5.41) is 9.77. The van der Waals surface area contributed by atoms with Crippen molar-refractivity contribution < 1.29 is 19.0 Å². The van der Waals surface area contributed by atoms with Crippen molar-refractivity contribution in [3.05, 3.63) is 52.8 Å². The molecular weight excluding hydrogens is 341 g/mol. The summed E-state index contributed by atoms with van der Waals surface area (Å²) in [4.78, 5) is 0. The van der Waals surface area contributed by atoms with Gasteiger partial charge in [-0.1, -0.05) is 22.0 Å². The first kappa shape index (κ1) is 15.6. The standard InChI is InChI=1S/C15H15BrFNO3/c16-10-4-5-15(14(17)6-10)21-9-12(19)8-20-13-3-1-2-11(18)7-13/h1-7,12,19H,8-9,18H2. The van der Waals surface area contributed by atoms with Gasteiger partial charge in [-0.3, -0.25) is 0 Å². The summed E-state index contributed by atoms with van der Waals surface area (Å²) in [5.74, 6) is 0.151. The molecule has 3 N–H and O–H groups in total. The fourth-order valence-electron chi connectivity index (χ4n) is 1.62. The van der Waals surface area contributed by atoms with E-state index in [1.807, 2.05) is 0 Å². The Morgan fingerprint density at radius 3 is 2.62 bits per heavy atom. The molecule has 0 bridgehead atoms. The molecular formula is C15H15BrFNO3. The van der Waals surface area contributed by atoms with Gasteiger partial charge in [-0.15, -0.1) is 0 Å². The van der Waals surface area contributed by atoms with E-state index in [0.29, 0.717) is 15.9 Å². The molecule has 6 heteroatoms. The quantitative estimate of drug-likeness (QED) is 0.781. The second-order valence-electron chi connectivity index (χ2n) is 4.42. The van der Waals surface area contributed by atoms with Gasteiger partial charge in [-0.2, -0.15) is 0 Å². The van der Waals surface area contributed by atoms with Gasteiger partial charge in [0.05, 0.1) is 0 Å². The summed E-state index contributed by atoms with van der Waals surface area (Å²) in [6, 6.07) is 11.3. The van der Waals surface area contributed by atoms with E-state index in [0.717, 1.165) is 0 Å². The molecule has 0 amide bonds. The Kier molecular flexibility index (Phi) is 5.41. The van der Waals surface area contributed by atoms with Crippen LogP contribution in [0, 0.1) is 5.82 Å². The fraction of sp³-hybridized carbons (Fsp3) is 0.200. The Morgan fingerprint density at radius 1 is 1.14 bits per heavy atom. The lowest BCUT2D eigenvalue weighted by molar-refractivity contribution is 0.0613. The SMILES string of the molecule is Nc1cccc(OCC(O)COc2ccc(Br)cc2F)c1. The van der Waals surface area contributed by atoms with Crippen LogP contribution in [0.4, 0.5) is 10.1 Å². The smallest absolute Gasteiger partial charge is 0.166 e. The summed E-state index contributed by atoms with van der Waals surface area (Å²) in [6.45, 7) is -0.0392. The number of halogens is 2. The van der Waals surface area contributed by atoms with E-state index in [2.05, 4.69) is 15.9 Å². The Balaban J connectivity index is 1.80. The van der Waals surface area contributed by atoms with Gasteiger partial charge in [0.25, 0.3) is 0 Å². The second-order valence-corrected chi connectivity index (χ2v) is 5.34. The van der Waals surface area contributed by atoms with Gasteiger partial charge in [0.2, 0.25) is 0 Å². The highest BCUT2D eigenvalue weighted by atomic mass is 79.9. The van der Waals surface area contributed by atoms with E-state index in [9.17, 15) is 9.50 Å². The zero-order valence-corrected chi connectivity index (χ0v) is 12.7. The molecule has 21 heavy (non-hydrogen) atoms. The summed E-state index contributed by atoms with van der Waals surface area (Å²) < 4.78 is 24.7. The highest BCUT2D eigenvalue weighted by Crippen LogP contribution is 2.21. The van der Waals surface area contributed by atoms with Crippen molar-refractivity contribution in [1.29, 1.82) is 0 Å². The molecule has 4 nitrogen and oxygen atoms in total. The third-order valence-electron chi connectivity index (χ3n) is 2.63. The largest absolute Gasteiger partial charge is 0.491 e. The van der Waals surface area contributed by atoms with Crippen LogP contribution in [0.5, 0.6) is 11.5 Å². The number of ether oxygens (including phenoxy) is 2. The van der Waals surface area contributed by atoms with Crippen LogP contribution in [-0.4, -0.2) is 24.4 Å². The second kappa shape index (κ2) is 7.28. The summed E-state index contributed by atoms with van der Waals surface area (Å²) in [5.41, 5.74) is 6.19. The van der Waals surface area contributed by atoms with Gasteiger partial charge in [-0.25, -0.2) is 4.39 Å². The van der Waals surface area contributed by atoms with Crippen molar-refractivity contribution in [2.75, 3.05) is 18.9 Å². The van der Waals surface area contributed by atoms with E-state index >= 15 is 0 Å². The number of hydrogen-bond acceptors (Lipinski definition) is 4. The minimum Gasteiger partial charge on any atom is -0.491 e. The van der Waals surface area contributed by atoms with Crippen molar-refractivity contribution in [2.24, 2.45) is 0 Å². The van der Waals surface area contributed by atoms with Gasteiger partial charge in [0.1, 0.15) is 25.1 Å². The first-order chi connectivity index (χ1) is 10.0. The minimum atomic E-state index is -0.880. The van der Waals surface area contributed by atoms with Gasteiger partial charge in [0, 0.05) is 16.2 Å². The molecule has 2 aromatic rings. The van der Waals surface area contributed by atoms with Crippen LogP contribution in [0.1, 0.15) is 0 Å². The first-order valence-electron chi connectivity index (χ1n) is 6.29. The monoisotopic (exact) mass is 355 g/mol. The average Bonchev–Trinajstić information content (AvgIpc) is 2.44. The lowest BCUT2D eigenvalue weighted by atomic mass is 10.3. The molecule has 2 rings (SSSR count). The third kappa shape index (κ3) is 4.91. The van der Waals surface area contributed by atoms with Gasteiger partial charge >= 0.3 is 0 Å². The van der Waals surface area contributed by atoms with Gasteiger partial charge in [-0.05, 0) is 30.3 Å². The summed E-state index contributed by atoms with van der Waals surface area (Å²) in [7, 11) is 0. The van der Waals surface area contributed by atoms with Crippen molar-refractivity contribution in [3.63, 3.8) is 0 Å². The normalized spacial score (nSPS) is 12.0. The van der Waals surface area contributed by atoms with Crippen LogP contribution in [-0.2, 0) is 0 Å². The van der Waals surface area contributed by atoms with Crippen molar-refractivity contribution in [2.45, 2.75) is 6.10 Å². The Labute approximate surface area is 130 Å². The summed E-state index contributed by atoms with van der Waals surface area (Å²) >= 11 is 3.16. The Bertz CT molecular complexity index is 609. The molecule has 0 fully saturated rings. The summed E-state index contributed by atoms with van der Waals surface area (Å²) in [6.07, 6.45) is -0.880. The molecule has 0 saturated carbocycles. The van der Waals surface area contributed by atoms with Crippen LogP contribution in [0.25, 0.3) is 0 Å². The Hall–Kier alpha value is -1.79. The molecule has 112 valence electrons. The molecule has 2 aromatic carbocycles. The van der Waals surface area contributed by atoms with E-state index < -0.39 is 11.9 Å². The maximum atomic E-state index is 13.5. The third-order valence-corrected chi connectivity index (χ3v) is 3.12. The van der Waals surface area contributed by atoms with Gasteiger partial charge < -0.3 is 20.3 Å². The topological polar surface area (TPSA) is 64.7 Å². The average molecular weight is 356 g/mol. The molecule has 0 aliphatic carbocycles. The van der Waals surface area contributed by atoms with Crippen LogP contribution in [0.2, 0.25) is 0 Å². The lowest BCUT2D eigenvalue weighted by Crippen LogP contribution is -2.25. The molecule has 0 aliphatic heterocycles. The zero-order chi connectivity index (χ0) is 15.2. The molecule has 0 saturated heterocycles. The zero-order valence-electron chi connectivity index (χ0n) is 11.1. The molecule has 0 aliphatic rings. The molecule has 0 spiro atoms. The predicted molar refractivity (Wildman–Crippen MR) is 82.0 cm³/mol. The number of nitrogen functional groups attached to an aromatic ring is 1. The van der Waals surface area contributed by atoms with Crippen molar-refractivity contribution >= 4 is 21.6 Å². The lowest BCUT2D eigenvalue weighted by Gasteiger charge is -2.14. The first-order valence-corrected chi connectivity index (χ1v) is 7.08. The molecule has 0 radical (unpaired) electrons. The maximum absolute atomic E-state index is 13.5. The molecule has 1 atom stereocenters. The van der Waals surface area contributed by atoms with Crippen molar-refractivity contribution in [3.8, 4) is 11.5 Å². The predicted octanol–water partition coefficient (Wildman–Crippen LogP) is 2.99. The van der Waals surface area contributed by atoms with E-state index in [-0.39, 0.29) is 19.0 Å². The molecule has 0 heterocycles. The van der Waals surface area contributed by atoms with Crippen molar-refractivity contribution in [1.82, 2.24) is 0 Å². The maximum Gasteiger partial charge on any atom is 0.166 e. The number of hydrogen-bond donors (Lipinski definition) is 2. The van der Waals surface area contributed by atoms with Crippen LogP contribution in [0.3, 0.4) is 0 Å². The van der Waals surface area contributed by atoms with Crippen LogP contribution < -0.4 is 15.2 Å². The highest BCUT2D eigenvalue weighted by Gasteiger charge is 2.09. The number of nitrogens with two attached hydrogens (primary N) is 1. The van der Waals surface area contributed by atoms with Crippen LogP contribution in [0.15, 0.2) is 46.9 Å². The number of aliphatic hydroxyl groups excluding tert-OH is 1. The van der Waals surface area contributed by atoms with Gasteiger partial charge in [0.15, 0.2) is 11.6 Å². The van der Waals surface area contributed by atoms with E-state index in [4.69, 9.17) is 15.2 Å². The van der Waals surface area contributed by atoms with E-state index in [1.54, 1.807) is 30.3 Å². The number of rotatable bonds is 6. The Morgan fingerprint density at radius 2 is 1.90 bits per heavy atom. The number of anilines is 1. The van der Waals surface area contributed by atoms with E-state index in [1.165, 1.54) is 12.1 Å². The number of benzene rings is 2. The number of aliphatic hydroxyl groups is 1. The fourth-order valence-corrected chi connectivity index (χ4v) is 1.96.